The lowest BCUT2D eigenvalue weighted by atomic mass is 9.99. The lowest BCUT2D eigenvalue weighted by Gasteiger charge is -2.26. The van der Waals surface area contributed by atoms with Crippen LogP contribution in [-0.4, -0.2) is 54.3 Å². The Morgan fingerprint density at radius 2 is 1.79 bits per heavy atom. The molecule has 0 bridgehead atoms. The van der Waals surface area contributed by atoms with E-state index in [0.717, 1.165) is 30.6 Å². The van der Waals surface area contributed by atoms with E-state index in [1.807, 2.05) is 18.2 Å². The first-order valence-corrected chi connectivity index (χ1v) is 15.0. The van der Waals surface area contributed by atoms with Gasteiger partial charge in [-0.1, -0.05) is 12.5 Å². The highest BCUT2D eigenvalue weighted by Gasteiger charge is 2.31. The molecule has 2 aliphatic rings. The molecule has 10 heteroatoms. The number of hydrogen-bond acceptors (Lipinski definition) is 7. The zero-order valence-electron chi connectivity index (χ0n) is 22.9. The van der Waals surface area contributed by atoms with Gasteiger partial charge < -0.3 is 14.2 Å². The number of amides is 1. The number of piperidine rings is 1. The number of carbonyl (C=O) groups is 2. The summed E-state index contributed by atoms with van der Waals surface area (Å²) < 4.78 is 36.9. The molecule has 2 aromatic carbocycles. The van der Waals surface area contributed by atoms with E-state index < -0.39 is 21.8 Å². The predicted octanol–water partition coefficient (Wildman–Crippen LogP) is 5.05. The average Bonchev–Trinajstić information content (AvgIpc) is 3.45. The Kier molecular flexibility index (Phi) is 7.19. The zero-order valence-corrected chi connectivity index (χ0v) is 23.7. The van der Waals surface area contributed by atoms with Crippen LogP contribution in [0.15, 0.2) is 36.4 Å². The molecule has 9 nitrogen and oxygen atoms in total. The molecule has 0 aliphatic carbocycles. The number of rotatable bonds is 6. The van der Waals surface area contributed by atoms with Gasteiger partial charge in [-0.2, -0.15) is 8.42 Å². The second kappa shape index (κ2) is 10.3. The predicted molar refractivity (Wildman–Crippen MR) is 149 cm³/mol. The maximum atomic E-state index is 13.5. The molecule has 0 unspecified atom stereocenters. The van der Waals surface area contributed by atoms with Gasteiger partial charge in [0.1, 0.15) is 11.4 Å². The number of nitrogens with zero attached hydrogens (tertiary/aromatic N) is 2. The number of benzene rings is 2. The van der Waals surface area contributed by atoms with Crippen LogP contribution in [0.4, 0.5) is 4.79 Å². The molecule has 3 aromatic rings. The van der Waals surface area contributed by atoms with Crippen molar-refractivity contribution in [1.82, 2.24) is 14.8 Å². The van der Waals surface area contributed by atoms with Gasteiger partial charge in [0.25, 0.3) is 5.91 Å². The van der Waals surface area contributed by atoms with Crippen LogP contribution in [0.25, 0.3) is 22.2 Å². The number of ether oxygens (including phenoxy) is 1. The summed E-state index contributed by atoms with van der Waals surface area (Å²) >= 11 is 0. The molecule has 208 valence electrons. The molecule has 0 atom stereocenters. The monoisotopic (exact) mass is 553 g/mol. The normalized spacial score (nSPS) is 16.3. The molecule has 1 saturated heterocycles. The van der Waals surface area contributed by atoms with E-state index >= 15 is 0 Å². The van der Waals surface area contributed by atoms with E-state index in [0.29, 0.717) is 27.9 Å². The van der Waals surface area contributed by atoms with Gasteiger partial charge in [-0.15, -0.1) is 0 Å². The summed E-state index contributed by atoms with van der Waals surface area (Å²) in [4.78, 5) is 29.0. The van der Waals surface area contributed by atoms with Crippen molar-refractivity contribution in [3.8, 4) is 17.0 Å². The molecule has 2 aliphatic heterocycles. The Bertz CT molecular complexity index is 1550. The molecule has 0 spiro atoms. The molecule has 5 rings (SSSR count). The lowest BCUT2D eigenvalue weighted by Crippen LogP contribution is -2.29. The van der Waals surface area contributed by atoms with Crippen molar-refractivity contribution < 1.29 is 26.9 Å². The summed E-state index contributed by atoms with van der Waals surface area (Å²) in [6.45, 7) is 10.0. The van der Waals surface area contributed by atoms with Crippen molar-refractivity contribution in [3.63, 3.8) is 0 Å². The number of hydrogen-bond donors (Lipinski definition) is 1. The minimum atomic E-state index is -3.79. The molecule has 1 aromatic heterocycles. The van der Waals surface area contributed by atoms with Gasteiger partial charge in [0.2, 0.25) is 0 Å². The van der Waals surface area contributed by atoms with Crippen LogP contribution in [-0.2, 0) is 27.9 Å². The summed E-state index contributed by atoms with van der Waals surface area (Å²) in [6, 6.07) is 11.1. The first-order valence-electron chi connectivity index (χ1n) is 13.4. The summed E-state index contributed by atoms with van der Waals surface area (Å²) in [5.74, 6) is -0.443. The van der Waals surface area contributed by atoms with Crippen LogP contribution in [0.2, 0.25) is 0 Å². The first kappa shape index (κ1) is 27.2. The van der Waals surface area contributed by atoms with Crippen LogP contribution < -0.4 is 9.50 Å². The van der Waals surface area contributed by atoms with E-state index in [9.17, 15) is 18.0 Å². The smallest absolute Gasteiger partial charge is 0.419 e. The fourth-order valence-electron chi connectivity index (χ4n) is 5.25. The number of aromatic nitrogens is 1. The molecule has 3 heterocycles. The average molecular weight is 554 g/mol. The summed E-state index contributed by atoms with van der Waals surface area (Å²) in [5.41, 5.74) is 2.82. The van der Waals surface area contributed by atoms with Crippen LogP contribution in [0.3, 0.4) is 0 Å². The molecule has 0 saturated carbocycles. The van der Waals surface area contributed by atoms with Crippen LogP contribution >= 0.6 is 0 Å². The Morgan fingerprint density at radius 3 is 2.49 bits per heavy atom. The van der Waals surface area contributed by atoms with Gasteiger partial charge in [-0.3, -0.25) is 9.69 Å². The Morgan fingerprint density at radius 1 is 1.05 bits per heavy atom. The summed E-state index contributed by atoms with van der Waals surface area (Å²) in [6.07, 6.45) is 3.11. The van der Waals surface area contributed by atoms with Gasteiger partial charge >= 0.3 is 16.2 Å². The Hall–Kier alpha value is -3.37. The Balaban J connectivity index is 1.64. The zero-order chi connectivity index (χ0) is 27.9. The highest BCUT2D eigenvalue weighted by atomic mass is 32.2. The fourth-order valence-corrected chi connectivity index (χ4v) is 5.80. The van der Waals surface area contributed by atoms with Gasteiger partial charge in [0.05, 0.1) is 22.5 Å². The highest BCUT2D eigenvalue weighted by molar-refractivity contribution is 7.87. The topological polar surface area (TPSA) is 107 Å². The number of nitrogens with one attached hydrogen (secondary N) is 1. The second-order valence-corrected chi connectivity index (χ2v) is 13.0. The van der Waals surface area contributed by atoms with Gasteiger partial charge in [-0.05, 0) is 89.5 Å². The van der Waals surface area contributed by atoms with Gasteiger partial charge in [0.15, 0.2) is 0 Å². The lowest BCUT2D eigenvalue weighted by molar-refractivity contribution is 0.0547. The molecule has 0 radical (unpaired) electrons. The summed E-state index contributed by atoms with van der Waals surface area (Å²) in [7, 11) is -3.79. The number of fused-ring (bicyclic) bond motifs is 2. The van der Waals surface area contributed by atoms with Crippen molar-refractivity contribution in [2.45, 2.75) is 65.6 Å². The molecular formula is C29H35N3O6S. The maximum absolute atomic E-state index is 13.5. The summed E-state index contributed by atoms with van der Waals surface area (Å²) in [5, 5.41) is 3.62. The third-order valence-corrected chi connectivity index (χ3v) is 8.21. The standard InChI is InChI=1S/C29H35N3O6S/c1-5-39(35,36)38-25-12-10-21(26-22(25)17-30-27(26)33)24-16-20-15-19(18-31-13-7-6-8-14-31)9-11-23(20)32(24)28(34)37-29(2,3)4/h9-12,15-16H,5-8,13-14,17-18H2,1-4H3,(H,30,33). The van der Waals surface area contributed by atoms with Crippen LogP contribution in [0, 0.1) is 0 Å². The molecular weight excluding hydrogens is 518 g/mol. The highest BCUT2D eigenvalue weighted by Crippen LogP contribution is 2.38. The van der Waals surface area contributed by atoms with E-state index in [1.54, 1.807) is 32.9 Å². The van der Waals surface area contributed by atoms with Crippen LogP contribution in [0.1, 0.15) is 68.4 Å². The third kappa shape index (κ3) is 5.67. The third-order valence-electron chi connectivity index (χ3n) is 7.07. The number of carbonyl (C=O) groups excluding carboxylic acids is 2. The minimum Gasteiger partial charge on any atom is -0.443 e. The van der Waals surface area contributed by atoms with Crippen molar-refractivity contribution in [3.05, 3.63) is 53.1 Å². The van der Waals surface area contributed by atoms with E-state index in [-0.39, 0.29) is 24.0 Å². The number of likely N-dealkylation sites (tertiary alicyclic amines) is 1. The maximum Gasteiger partial charge on any atom is 0.419 e. The van der Waals surface area contributed by atoms with E-state index in [4.69, 9.17) is 8.92 Å². The molecule has 1 amide bonds. The molecule has 1 N–H and O–H groups in total. The largest absolute Gasteiger partial charge is 0.443 e. The van der Waals surface area contributed by atoms with E-state index in [2.05, 4.69) is 16.3 Å². The van der Waals surface area contributed by atoms with Crippen molar-refractivity contribution >= 4 is 33.0 Å². The van der Waals surface area contributed by atoms with Crippen LogP contribution in [0.5, 0.6) is 5.75 Å². The van der Waals surface area contributed by atoms with Gasteiger partial charge in [-0.25, -0.2) is 9.36 Å². The minimum absolute atomic E-state index is 0.109. The van der Waals surface area contributed by atoms with Crippen molar-refractivity contribution in [1.29, 1.82) is 0 Å². The van der Waals surface area contributed by atoms with Crippen molar-refractivity contribution in [2.24, 2.45) is 0 Å². The SMILES string of the molecule is CCS(=O)(=O)Oc1ccc(-c2cc3cc(CN4CCCCC4)ccc3n2C(=O)OC(C)(C)C)c2c1CNC2=O. The first-order chi connectivity index (χ1) is 18.5. The quantitative estimate of drug-likeness (QED) is 0.426. The molecule has 39 heavy (non-hydrogen) atoms. The molecule has 1 fully saturated rings. The second-order valence-electron chi connectivity index (χ2n) is 11.2. The van der Waals surface area contributed by atoms with Crippen molar-refractivity contribution in [2.75, 3.05) is 18.8 Å². The van der Waals surface area contributed by atoms with Gasteiger partial charge in [0, 0.05) is 29.6 Å². The Labute approximate surface area is 229 Å². The van der Waals surface area contributed by atoms with E-state index in [1.165, 1.54) is 30.8 Å². The fraction of sp³-hybridized carbons (Fsp3) is 0.448.